The Bertz CT molecular complexity index is 1560. The average molecular weight is 570 g/mol. The predicted molar refractivity (Wildman–Crippen MR) is 171 cm³/mol. The molecule has 1 fully saturated rings. The van der Waals surface area contributed by atoms with Crippen LogP contribution in [0, 0.1) is 5.41 Å². The van der Waals surface area contributed by atoms with Crippen molar-refractivity contribution in [1.29, 1.82) is 0 Å². The van der Waals surface area contributed by atoms with Crippen LogP contribution in [0.4, 0.5) is 5.69 Å². The fourth-order valence-electron chi connectivity index (χ4n) is 5.81. The Morgan fingerprint density at radius 2 is 1.85 bits per heavy atom. The number of hydrogen-bond donors (Lipinski definition) is 1. The zero-order chi connectivity index (χ0) is 29.0. The van der Waals surface area contributed by atoms with E-state index in [4.69, 9.17) is 16.3 Å². The Morgan fingerprint density at radius 1 is 1.10 bits per heavy atom. The van der Waals surface area contributed by atoms with Crippen molar-refractivity contribution in [3.05, 3.63) is 98.9 Å². The van der Waals surface area contributed by atoms with E-state index in [2.05, 4.69) is 47.3 Å². The van der Waals surface area contributed by atoms with Gasteiger partial charge in [-0.3, -0.25) is 9.69 Å². The van der Waals surface area contributed by atoms with Gasteiger partial charge in [0.1, 0.15) is 11.5 Å². The van der Waals surface area contributed by atoms with Crippen LogP contribution in [0.5, 0.6) is 5.75 Å². The molecule has 0 atom stereocenters. The quantitative estimate of drug-likeness (QED) is 0.250. The van der Waals surface area contributed by atoms with Gasteiger partial charge in [-0.1, -0.05) is 49.7 Å². The molecular weight excluding hydrogens is 530 g/mol. The number of H-pyrrole nitrogens is 1. The lowest BCUT2D eigenvalue weighted by molar-refractivity contribution is 0.112. The third-order valence-corrected chi connectivity index (χ3v) is 8.59. The second-order valence-electron chi connectivity index (χ2n) is 11.9. The van der Waals surface area contributed by atoms with Gasteiger partial charge in [0.25, 0.3) is 0 Å². The number of aromatic amines is 1. The van der Waals surface area contributed by atoms with Crippen LogP contribution in [0.3, 0.4) is 0 Å². The summed E-state index contributed by atoms with van der Waals surface area (Å²) in [5.74, 6) is 1.23. The van der Waals surface area contributed by atoms with Crippen molar-refractivity contribution in [2.24, 2.45) is 5.41 Å². The van der Waals surface area contributed by atoms with Gasteiger partial charge in [0.05, 0.1) is 5.56 Å². The molecule has 1 saturated heterocycles. The average Bonchev–Trinajstić information content (AvgIpc) is 3.38. The molecule has 2 aromatic carbocycles. The van der Waals surface area contributed by atoms with Crippen LogP contribution in [0.15, 0.2) is 72.1 Å². The molecule has 2 heterocycles. The number of aromatic nitrogens is 1. The molecule has 1 aromatic heterocycles. The Kier molecular flexibility index (Phi) is 8.86. The molecule has 1 aliphatic carbocycles. The van der Waals surface area contributed by atoms with Crippen molar-refractivity contribution in [1.82, 2.24) is 9.88 Å². The van der Waals surface area contributed by atoms with Crippen LogP contribution in [-0.4, -0.2) is 48.9 Å². The van der Waals surface area contributed by atoms with Crippen molar-refractivity contribution in [2.45, 2.75) is 40.0 Å². The lowest BCUT2D eigenvalue weighted by Gasteiger charge is -2.39. The number of carbonyl (C=O) groups excluding carboxylic acids is 1. The van der Waals surface area contributed by atoms with Gasteiger partial charge in [0, 0.05) is 66.3 Å². The van der Waals surface area contributed by atoms with Gasteiger partial charge in [-0.15, -0.1) is 0 Å². The van der Waals surface area contributed by atoms with E-state index in [0.717, 1.165) is 73.1 Å². The third-order valence-electron chi connectivity index (χ3n) is 8.33. The highest BCUT2D eigenvalue weighted by atomic mass is 35.5. The monoisotopic (exact) mass is 569 g/mol. The number of hydrogen-bond acceptors (Lipinski definition) is 4. The van der Waals surface area contributed by atoms with Crippen LogP contribution in [0.2, 0.25) is 5.02 Å². The van der Waals surface area contributed by atoms with E-state index in [9.17, 15) is 4.79 Å². The Labute approximate surface area is 248 Å². The molecule has 0 unspecified atom stereocenters. The second kappa shape index (κ2) is 12.5. The summed E-state index contributed by atoms with van der Waals surface area (Å²) in [6, 6.07) is 16.2. The number of ether oxygens (including phenoxy) is 1. The molecule has 6 heteroatoms. The number of allylic oxidation sites excluding steroid dienone is 3. The number of benzene rings is 2. The van der Waals surface area contributed by atoms with E-state index >= 15 is 0 Å². The van der Waals surface area contributed by atoms with E-state index in [1.807, 2.05) is 61.7 Å². The number of piperazine rings is 1. The molecule has 214 valence electrons. The molecule has 5 rings (SSSR count). The maximum atomic E-state index is 11.8. The van der Waals surface area contributed by atoms with Gasteiger partial charge in [0.2, 0.25) is 0 Å². The van der Waals surface area contributed by atoms with E-state index < -0.39 is 0 Å². The summed E-state index contributed by atoms with van der Waals surface area (Å²) in [4.78, 5) is 19.9. The fourth-order valence-corrected chi connectivity index (χ4v) is 5.93. The van der Waals surface area contributed by atoms with Crippen LogP contribution in [0.25, 0.3) is 18.2 Å². The SMILES string of the molecule is C=c1[nH]cc/c1=C/C(=C\C)Oc1cc(N2CCN(CC3=C(c4ccc(Cl)cc4)CC(C)(C)CC3)CC2)ccc1C=O. The van der Waals surface area contributed by atoms with Gasteiger partial charge < -0.3 is 14.6 Å². The molecule has 0 spiro atoms. The Balaban J connectivity index is 1.29. The van der Waals surface area contributed by atoms with Gasteiger partial charge in [0.15, 0.2) is 6.29 Å². The van der Waals surface area contributed by atoms with Crippen molar-refractivity contribution < 1.29 is 9.53 Å². The number of rotatable bonds is 8. The highest BCUT2D eigenvalue weighted by Crippen LogP contribution is 2.43. The van der Waals surface area contributed by atoms with Crippen LogP contribution < -0.4 is 20.2 Å². The first-order chi connectivity index (χ1) is 19.7. The zero-order valence-corrected chi connectivity index (χ0v) is 25.1. The summed E-state index contributed by atoms with van der Waals surface area (Å²) in [6.45, 7) is 15.5. The number of nitrogens with one attached hydrogen (secondary N) is 1. The van der Waals surface area contributed by atoms with Gasteiger partial charge in [-0.2, -0.15) is 0 Å². The normalized spacial score (nSPS) is 18.6. The summed E-state index contributed by atoms with van der Waals surface area (Å²) in [5, 5.41) is 2.56. The standard InChI is InChI=1S/C35H40ClN3O2/c1-5-32(20-27-13-15-37-25(27)2)41-34-21-31(11-8-29(34)24-40)39-18-16-38(17-19-39)23-28-12-14-35(3,4)22-33(28)26-6-9-30(36)10-7-26/h5-11,13,15,20-21,24,37H,2,12,14,16-19,22-23H2,1,3-4H3/b27-20-,32-5+. The number of carbonyl (C=O) groups is 1. The summed E-state index contributed by atoms with van der Waals surface area (Å²) < 4.78 is 6.23. The molecule has 2 aliphatic rings. The number of halogens is 1. The molecule has 3 aromatic rings. The zero-order valence-electron chi connectivity index (χ0n) is 24.4. The van der Waals surface area contributed by atoms with Crippen LogP contribution in [-0.2, 0) is 0 Å². The Hall–Kier alpha value is -3.54. The predicted octanol–water partition coefficient (Wildman–Crippen LogP) is 6.44. The maximum absolute atomic E-state index is 11.8. The lowest BCUT2D eigenvalue weighted by Crippen LogP contribution is -2.47. The number of nitrogens with zero attached hydrogens (tertiary/aromatic N) is 2. The molecule has 0 amide bonds. The molecule has 1 aliphatic heterocycles. The summed E-state index contributed by atoms with van der Waals surface area (Å²) in [7, 11) is 0. The smallest absolute Gasteiger partial charge is 0.153 e. The summed E-state index contributed by atoms with van der Waals surface area (Å²) >= 11 is 6.19. The highest BCUT2D eigenvalue weighted by molar-refractivity contribution is 6.30. The lowest BCUT2D eigenvalue weighted by atomic mass is 9.72. The minimum absolute atomic E-state index is 0.312. The van der Waals surface area contributed by atoms with Gasteiger partial charge in [-0.25, -0.2) is 0 Å². The molecule has 1 N–H and O–H groups in total. The molecule has 0 radical (unpaired) electrons. The fraction of sp³-hybridized carbons (Fsp3) is 0.343. The first-order valence-corrected chi connectivity index (χ1v) is 14.8. The minimum Gasteiger partial charge on any atom is -0.457 e. The molecule has 5 nitrogen and oxygen atoms in total. The minimum atomic E-state index is 0.312. The van der Waals surface area contributed by atoms with E-state index in [1.54, 1.807) is 5.57 Å². The van der Waals surface area contributed by atoms with E-state index in [-0.39, 0.29) is 0 Å². The van der Waals surface area contributed by atoms with Crippen molar-refractivity contribution in [3.8, 4) is 5.75 Å². The molecule has 41 heavy (non-hydrogen) atoms. The third kappa shape index (κ3) is 7.03. The number of aldehydes is 1. The van der Waals surface area contributed by atoms with Gasteiger partial charge in [-0.05, 0) is 85.2 Å². The van der Waals surface area contributed by atoms with Crippen LogP contribution in [0.1, 0.15) is 56.0 Å². The summed E-state index contributed by atoms with van der Waals surface area (Å²) in [5.41, 5.74) is 6.28. The Morgan fingerprint density at radius 3 is 2.51 bits per heavy atom. The van der Waals surface area contributed by atoms with Crippen molar-refractivity contribution in [3.63, 3.8) is 0 Å². The number of anilines is 1. The van der Waals surface area contributed by atoms with Crippen molar-refractivity contribution >= 4 is 41.8 Å². The van der Waals surface area contributed by atoms with Gasteiger partial charge >= 0.3 is 0 Å². The molecule has 0 saturated carbocycles. The largest absolute Gasteiger partial charge is 0.457 e. The van der Waals surface area contributed by atoms with Crippen LogP contribution >= 0.6 is 11.6 Å². The first kappa shape index (κ1) is 29.0. The maximum Gasteiger partial charge on any atom is 0.153 e. The summed E-state index contributed by atoms with van der Waals surface area (Å²) in [6.07, 6.45) is 9.98. The van der Waals surface area contributed by atoms with E-state index in [0.29, 0.717) is 22.5 Å². The highest BCUT2D eigenvalue weighted by Gasteiger charge is 2.29. The molecule has 0 bridgehead atoms. The second-order valence-corrected chi connectivity index (χ2v) is 12.3. The first-order valence-electron chi connectivity index (χ1n) is 14.5. The van der Waals surface area contributed by atoms with E-state index in [1.165, 1.54) is 17.6 Å². The molecular formula is C35H40ClN3O2. The topological polar surface area (TPSA) is 48.6 Å². The van der Waals surface area contributed by atoms with Crippen molar-refractivity contribution in [2.75, 3.05) is 37.6 Å².